The summed E-state index contributed by atoms with van der Waals surface area (Å²) in [7, 11) is 1.87. The number of carbonyl (C=O) groups is 1. The number of fused-ring (bicyclic) bond motifs is 1. The molecule has 4 nitrogen and oxygen atoms in total. The molecule has 1 aromatic heterocycles. The summed E-state index contributed by atoms with van der Waals surface area (Å²) < 4.78 is 1.54. The zero-order chi connectivity index (χ0) is 17.3. The van der Waals surface area contributed by atoms with Crippen molar-refractivity contribution in [2.45, 2.75) is 26.3 Å². The first-order valence-electron chi connectivity index (χ1n) is 8.13. The second-order valence-corrected chi connectivity index (χ2v) is 6.35. The molecular weight excluding hydrogens is 300 g/mol. The lowest BCUT2D eigenvalue weighted by atomic mass is 9.94. The monoisotopic (exact) mass is 322 g/mol. The van der Waals surface area contributed by atoms with Gasteiger partial charge < -0.3 is 10.4 Å². The molecule has 24 heavy (non-hydrogen) atoms. The third kappa shape index (κ3) is 2.93. The van der Waals surface area contributed by atoms with Crippen molar-refractivity contribution >= 4 is 16.7 Å². The average molecular weight is 322 g/mol. The molecule has 0 unspecified atom stereocenters. The molecule has 0 saturated heterocycles. The van der Waals surface area contributed by atoms with Crippen LogP contribution in [0.3, 0.4) is 0 Å². The third-order valence-corrected chi connectivity index (χ3v) is 4.26. The Bertz CT molecular complexity index is 861. The first-order valence-corrected chi connectivity index (χ1v) is 8.13. The number of hydrogen-bond acceptors (Lipinski definition) is 3. The minimum absolute atomic E-state index is 0.0207. The molecule has 0 aliphatic carbocycles. The maximum absolute atomic E-state index is 12.9. The summed E-state index contributed by atoms with van der Waals surface area (Å²) in [5, 5.41) is 15.5. The average Bonchev–Trinajstić information content (AvgIpc) is 2.98. The van der Waals surface area contributed by atoms with E-state index in [1.54, 1.807) is 23.0 Å². The number of phenols is 1. The van der Waals surface area contributed by atoms with E-state index in [4.69, 9.17) is 0 Å². The second-order valence-electron chi connectivity index (χ2n) is 6.35. The fourth-order valence-electron chi connectivity index (χ4n) is 3.04. The number of nitrogens with zero attached hydrogens (tertiary/aromatic N) is 1. The molecule has 2 N–H and O–H groups in total. The van der Waals surface area contributed by atoms with Gasteiger partial charge in [-0.05, 0) is 47.0 Å². The van der Waals surface area contributed by atoms with E-state index in [0.717, 1.165) is 21.9 Å². The van der Waals surface area contributed by atoms with Gasteiger partial charge in [0.2, 0.25) is 0 Å². The third-order valence-electron chi connectivity index (χ3n) is 4.26. The van der Waals surface area contributed by atoms with Crippen molar-refractivity contribution < 1.29 is 9.90 Å². The molecule has 0 spiro atoms. The lowest BCUT2D eigenvalue weighted by Gasteiger charge is -2.16. The van der Waals surface area contributed by atoms with Crippen LogP contribution >= 0.6 is 0 Å². The maximum atomic E-state index is 12.9. The fraction of sp³-hybridized carbons (Fsp3) is 0.250. The van der Waals surface area contributed by atoms with Crippen LogP contribution in [0.1, 0.15) is 41.3 Å². The highest BCUT2D eigenvalue weighted by Crippen LogP contribution is 2.29. The lowest BCUT2D eigenvalue weighted by molar-refractivity contribution is 0.0958. The van der Waals surface area contributed by atoms with Gasteiger partial charge in [-0.3, -0.25) is 9.36 Å². The van der Waals surface area contributed by atoms with Gasteiger partial charge in [0.15, 0.2) is 0 Å². The van der Waals surface area contributed by atoms with E-state index in [1.807, 2.05) is 37.4 Å². The molecule has 3 aromatic rings. The summed E-state index contributed by atoms with van der Waals surface area (Å²) >= 11 is 0. The van der Waals surface area contributed by atoms with Crippen molar-refractivity contribution in [3.8, 4) is 5.75 Å². The molecule has 0 amide bonds. The summed E-state index contributed by atoms with van der Waals surface area (Å²) in [6.45, 7) is 4.83. The van der Waals surface area contributed by atoms with Crippen molar-refractivity contribution in [2.75, 3.05) is 7.05 Å². The van der Waals surface area contributed by atoms with Crippen LogP contribution in [0.2, 0.25) is 0 Å². The fourth-order valence-corrected chi connectivity index (χ4v) is 3.04. The van der Waals surface area contributed by atoms with E-state index in [-0.39, 0.29) is 17.6 Å². The van der Waals surface area contributed by atoms with Gasteiger partial charge in [-0.15, -0.1) is 0 Å². The van der Waals surface area contributed by atoms with Crippen LogP contribution in [-0.2, 0) is 6.54 Å². The summed E-state index contributed by atoms with van der Waals surface area (Å²) in [6, 6.07) is 11.3. The van der Waals surface area contributed by atoms with Gasteiger partial charge in [-0.1, -0.05) is 38.1 Å². The Balaban J connectivity index is 2.07. The second kappa shape index (κ2) is 6.49. The maximum Gasteiger partial charge on any atom is 0.265 e. The van der Waals surface area contributed by atoms with Crippen LogP contribution in [0.25, 0.3) is 10.8 Å². The number of benzene rings is 2. The number of carbonyl (C=O) groups excluding carboxylic acids is 1. The predicted molar refractivity (Wildman–Crippen MR) is 96.6 cm³/mol. The van der Waals surface area contributed by atoms with Crippen molar-refractivity contribution in [3.05, 3.63) is 65.5 Å². The zero-order valence-corrected chi connectivity index (χ0v) is 14.2. The normalized spacial score (nSPS) is 11.3. The first kappa shape index (κ1) is 16.3. The van der Waals surface area contributed by atoms with E-state index < -0.39 is 0 Å². The quantitative estimate of drug-likeness (QED) is 0.766. The summed E-state index contributed by atoms with van der Waals surface area (Å²) in [5.41, 5.74) is 2.42. The summed E-state index contributed by atoms with van der Waals surface area (Å²) in [4.78, 5) is 12.9. The Morgan fingerprint density at radius 3 is 2.33 bits per heavy atom. The molecule has 124 valence electrons. The van der Waals surface area contributed by atoms with Gasteiger partial charge in [0.25, 0.3) is 5.91 Å². The van der Waals surface area contributed by atoms with Gasteiger partial charge in [0, 0.05) is 18.9 Å². The molecule has 0 saturated carbocycles. The lowest BCUT2D eigenvalue weighted by Crippen LogP contribution is -2.13. The van der Waals surface area contributed by atoms with Crippen molar-refractivity contribution in [3.63, 3.8) is 0 Å². The minimum atomic E-state index is -0.221. The molecular formula is C20H22N2O2. The molecule has 0 aliphatic rings. The molecule has 0 aliphatic heterocycles. The smallest absolute Gasteiger partial charge is 0.265 e. The highest BCUT2D eigenvalue weighted by molar-refractivity contribution is 6.01. The zero-order valence-electron chi connectivity index (χ0n) is 14.2. The van der Waals surface area contributed by atoms with Gasteiger partial charge in [-0.25, -0.2) is 0 Å². The standard InChI is InChI=1S/C20H22N2O2/c1-13(2)17-9-18(19(23)8-16(17)10-21-3)20(24)22-11-14-6-4-5-7-15(14)12-22/h4-9,11-13,21,23H,10H2,1-3H3. The topological polar surface area (TPSA) is 54.3 Å². The number of nitrogens with one attached hydrogen (secondary N) is 1. The van der Waals surface area contributed by atoms with E-state index in [9.17, 15) is 9.90 Å². The van der Waals surface area contributed by atoms with Crippen molar-refractivity contribution in [1.29, 1.82) is 0 Å². The molecule has 0 atom stereocenters. The highest BCUT2D eigenvalue weighted by atomic mass is 16.3. The highest BCUT2D eigenvalue weighted by Gasteiger charge is 2.18. The van der Waals surface area contributed by atoms with E-state index in [1.165, 1.54) is 0 Å². The van der Waals surface area contributed by atoms with Crippen LogP contribution in [0.15, 0.2) is 48.8 Å². The Labute approximate surface area is 141 Å². The van der Waals surface area contributed by atoms with E-state index in [0.29, 0.717) is 12.1 Å². The van der Waals surface area contributed by atoms with Crippen LogP contribution in [0.5, 0.6) is 5.75 Å². The van der Waals surface area contributed by atoms with Crippen molar-refractivity contribution in [2.24, 2.45) is 0 Å². The molecule has 1 heterocycles. The Morgan fingerprint density at radius 1 is 1.17 bits per heavy atom. The Hall–Kier alpha value is -2.59. The first-order chi connectivity index (χ1) is 11.5. The molecule has 2 aromatic carbocycles. The van der Waals surface area contributed by atoms with Crippen LogP contribution in [0, 0.1) is 0 Å². The minimum Gasteiger partial charge on any atom is -0.507 e. The van der Waals surface area contributed by atoms with Gasteiger partial charge in [-0.2, -0.15) is 0 Å². The SMILES string of the molecule is CNCc1cc(O)c(C(=O)n2cc3ccccc3c2)cc1C(C)C. The van der Waals surface area contributed by atoms with Crippen LogP contribution in [0.4, 0.5) is 0 Å². The molecule has 3 rings (SSSR count). The number of aromatic nitrogens is 1. The largest absolute Gasteiger partial charge is 0.507 e. The summed E-state index contributed by atoms with van der Waals surface area (Å²) in [5.74, 6) is 0.0678. The number of aromatic hydroxyl groups is 1. The Kier molecular flexibility index (Phi) is 4.40. The molecule has 0 fully saturated rings. The molecule has 4 heteroatoms. The van der Waals surface area contributed by atoms with Crippen LogP contribution in [-0.4, -0.2) is 22.6 Å². The molecule has 0 radical (unpaired) electrons. The van der Waals surface area contributed by atoms with Gasteiger partial charge >= 0.3 is 0 Å². The van der Waals surface area contributed by atoms with E-state index in [2.05, 4.69) is 19.2 Å². The Morgan fingerprint density at radius 2 is 1.79 bits per heavy atom. The molecule has 0 bridgehead atoms. The van der Waals surface area contributed by atoms with E-state index >= 15 is 0 Å². The number of hydrogen-bond donors (Lipinski definition) is 2. The summed E-state index contributed by atoms with van der Waals surface area (Å²) in [6.07, 6.45) is 3.60. The van der Waals surface area contributed by atoms with Gasteiger partial charge in [0.1, 0.15) is 5.75 Å². The van der Waals surface area contributed by atoms with Crippen molar-refractivity contribution in [1.82, 2.24) is 9.88 Å². The number of rotatable bonds is 4. The van der Waals surface area contributed by atoms with Crippen LogP contribution < -0.4 is 5.32 Å². The number of phenolic OH excluding ortho intramolecular Hbond substituents is 1. The predicted octanol–water partition coefficient (Wildman–Crippen LogP) is 3.88. The van der Waals surface area contributed by atoms with Gasteiger partial charge in [0.05, 0.1) is 5.56 Å².